The lowest BCUT2D eigenvalue weighted by Crippen LogP contribution is -2.02. The molecule has 2 N–H and O–H groups in total. The molecule has 26 heavy (non-hydrogen) atoms. The number of nitrogens with one attached hydrogen (secondary N) is 2. The smallest absolute Gasteiger partial charge is 0.249 e. The number of nitrogens with zero attached hydrogens (tertiary/aromatic N) is 3. The number of rotatable bonds is 7. The summed E-state index contributed by atoms with van der Waals surface area (Å²) in [7, 11) is 0. The molecule has 0 fully saturated rings. The van der Waals surface area contributed by atoms with Crippen LogP contribution in [-0.2, 0) is 0 Å². The Kier molecular flexibility index (Phi) is 5.63. The van der Waals surface area contributed by atoms with Gasteiger partial charge in [0.2, 0.25) is 5.95 Å². The Bertz CT molecular complexity index is 832. The number of hydrogen-bond donors (Lipinski definition) is 2. The highest BCUT2D eigenvalue weighted by molar-refractivity contribution is 5.59. The number of ether oxygens (including phenoxy) is 1. The maximum absolute atomic E-state index is 5.44. The van der Waals surface area contributed by atoms with Crippen LogP contribution in [0.5, 0.6) is 5.75 Å². The number of aromatic nitrogens is 3. The molecule has 134 valence electrons. The van der Waals surface area contributed by atoms with Gasteiger partial charge >= 0.3 is 0 Å². The third kappa shape index (κ3) is 4.69. The Morgan fingerprint density at radius 3 is 2.23 bits per heavy atom. The van der Waals surface area contributed by atoms with Gasteiger partial charge in [0.25, 0.3) is 0 Å². The van der Waals surface area contributed by atoms with Crippen LogP contribution >= 0.6 is 0 Å². The van der Waals surface area contributed by atoms with Crippen LogP contribution in [0.25, 0.3) is 0 Å². The zero-order valence-corrected chi connectivity index (χ0v) is 15.2. The fraction of sp³-hybridized carbons (Fsp3) is 0.250. The predicted octanol–water partition coefficient (Wildman–Crippen LogP) is 4.88. The van der Waals surface area contributed by atoms with Gasteiger partial charge in [0.05, 0.1) is 12.8 Å². The lowest BCUT2D eigenvalue weighted by Gasteiger charge is -2.10. The molecule has 0 aliphatic rings. The van der Waals surface area contributed by atoms with Crippen LogP contribution in [0.4, 0.5) is 23.1 Å². The molecule has 0 amide bonds. The van der Waals surface area contributed by atoms with Crippen molar-refractivity contribution in [3.63, 3.8) is 0 Å². The summed E-state index contributed by atoms with van der Waals surface area (Å²) in [5.74, 6) is 2.40. The van der Waals surface area contributed by atoms with E-state index in [1.54, 1.807) is 6.20 Å². The fourth-order valence-corrected chi connectivity index (χ4v) is 2.45. The first-order valence-electron chi connectivity index (χ1n) is 8.70. The molecule has 3 rings (SSSR count). The molecule has 1 aromatic heterocycles. The van der Waals surface area contributed by atoms with Crippen LogP contribution in [0.2, 0.25) is 0 Å². The quantitative estimate of drug-likeness (QED) is 0.633. The molecule has 0 saturated carbocycles. The minimum atomic E-state index is 0.429. The summed E-state index contributed by atoms with van der Waals surface area (Å²) in [5, 5.41) is 14.4. The van der Waals surface area contributed by atoms with Gasteiger partial charge < -0.3 is 15.4 Å². The van der Waals surface area contributed by atoms with E-state index in [2.05, 4.69) is 51.8 Å². The van der Waals surface area contributed by atoms with Gasteiger partial charge in [-0.05, 0) is 54.8 Å². The van der Waals surface area contributed by atoms with Gasteiger partial charge in [-0.1, -0.05) is 26.0 Å². The van der Waals surface area contributed by atoms with Gasteiger partial charge in [0.1, 0.15) is 5.75 Å². The van der Waals surface area contributed by atoms with E-state index in [9.17, 15) is 0 Å². The van der Waals surface area contributed by atoms with E-state index in [-0.39, 0.29) is 0 Å². The molecule has 6 heteroatoms. The van der Waals surface area contributed by atoms with Crippen molar-refractivity contribution < 1.29 is 4.74 Å². The summed E-state index contributed by atoms with van der Waals surface area (Å²) in [6.45, 7) is 6.96. The molecule has 6 nitrogen and oxygen atoms in total. The fourth-order valence-electron chi connectivity index (χ4n) is 2.45. The summed E-state index contributed by atoms with van der Waals surface area (Å²) >= 11 is 0. The summed E-state index contributed by atoms with van der Waals surface area (Å²) < 4.78 is 5.44. The lowest BCUT2D eigenvalue weighted by molar-refractivity contribution is 0.340. The molecule has 3 aromatic rings. The molecule has 2 aromatic carbocycles. The normalized spacial score (nSPS) is 10.6. The molecule has 0 unspecified atom stereocenters. The lowest BCUT2D eigenvalue weighted by atomic mass is 10.0. The second-order valence-corrected chi connectivity index (χ2v) is 6.15. The Hall–Kier alpha value is -3.15. The monoisotopic (exact) mass is 349 g/mol. The Morgan fingerprint density at radius 2 is 1.58 bits per heavy atom. The number of anilines is 4. The van der Waals surface area contributed by atoms with E-state index in [4.69, 9.17) is 4.74 Å². The van der Waals surface area contributed by atoms with Gasteiger partial charge in [-0.2, -0.15) is 10.1 Å². The maximum Gasteiger partial charge on any atom is 0.249 e. The molecule has 1 heterocycles. The van der Waals surface area contributed by atoms with E-state index < -0.39 is 0 Å². The first-order chi connectivity index (χ1) is 12.6. The van der Waals surface area contributed by atoms with E-state index in [1.807, 2.05) is 43.3 Å². The standard InChI is InChI=1S/C20H23N5O/c1-4-26-18-11-9-17(10-12-18)23-20-24-19(13-21-25-20)22-16-7-5-15(6-8-16)14(2)3/h5-14H,4H2,1-3H3,(H2,22,23,24,25). The topological polar surface area (TPSA) is 72.0 Å². The molecule has 0 radical (unpaired) electrons. The van der Waals surface area contributed by atoms with Crippen molar-refractivity contribution in [2.75, 3.05) is 17.2 Å². The molecule has 0 aliphatic carbocycles. The largest absolute Gasteiger partial charge is 0.494 e. The summed E-state index contributed by atoms with van der Waals surface area (Å²) in [6, 6.07) is 15.9. The van der Waals surface area contributed by atoms with Crippen molar-refractivity contribution in [3.05, 3.63) is 60.3 Å². The zero-order chi connectivity index (χ0) is 18.4. The zero-order valence-electron chi connectivity index (χ0n) is 15.2. The van der Waals surface area contributed by atoms with E-state index >= 15 is 0 Å². The van der Waals surface area contributed by atoms with Crippen molar-refractivity contribution in [2.24, 2.45) is 0 Å². The summed E-state index contributed by atoms with van der Waals surface area (Å²) in [6.07, 6.45) is 1.60. The van der Waals surface area contributed by atoms with Crippen molar-refractivity contribution in [2.45, 2.75) is 26.7 Å². The van der Waals surface area contributed by atoms with E-state index in [0.29, 0.717) is 24.3 Å². The third-order valence-corrected chi connectivity index (χ3v) is 3.83. The van der Waals surface area contributed by atoms with Crippen LogP contribution in [0.3, 0.4) is 0 Å². The average molecular weight is 349 g/mol. The number of benzene rings is 2. The molecular weight excluding hydrogens is 326 g/mol. The van der Waals surface area contributed by atoms with Crippen LogP contribution in [0.1, 0.15) is 32.3 Å². The highest BCUT2D eigenvalue weighted by Gasteiger charge is 2.04. The van der Waals surface area contributed by atoms with Gasteiger partial charge in [0, 0.05) is 11.4 Å². The minimum Gasteiger partial charge on any atom is -0.494 e. The molecule has 0 atom stereocenters. The summed E-state index contributed by atoms with van der Waals surface area (Å²) in [5.41, 5.74) is 3.13. The number of hydrogen-bond acceptors (Lipinski definition) is 6. The van der Waals surface area contributed by atoms with Crippen LogP contribution < -0.4 is 15.4 Å². The highest BCUT2D eigenvalue weighted by Crippen LogP contribution is 2.21. The van der Waals surface area contributed by atoms with Crippen molar-refractivity contribution in [3.8, 4) is 5.75 Å². The summed E-state index contributed by atoms with van der Waals surface area (Å²) in [4.78, 5) is 4.45. The van der Waals surface area contributed by atoms with Crippen LogP contribution in [0.15, 0.2) is 54.7 Å². The average Bonchev–Trinajstić information content (AvgIpc) is 2.64. The van der Waals surface area contributed by atoms with Gasteiger partial charge in [0.15, 0.2) is 5.82 Å². The van der Waals surface area contributed by atoms with Gasteiger partial charge in [-0.3, -0.25) is 0 Å². The molecule has 0 bridgehead atoms. The Morgan fingerprint density at radius 1 is 0.923 bits per heavy atom. The van der Waals surface area contributed by atoms with E-state index in [0.717, 1.165) is 17.1 Å². The highest BCUT2D eigenvalue weighted by atomic mass is 16.5. The van der Waals surface area contributed by atoms with Crippen molar-refractivity contribution in [1.29, 1.82) is 0 Å². The van der Waals surface area contributed by atoms with Crippen molar-refractivity contribution >= 4 is 23.1 Å². The maximum atomic E-state index is 5.44. The second-order valence-electron chi connectivity index (χ2n) is 6.15. The Balaban J connectivity index is 1.67. The first kappa shape index (κ1) is 17.7. The molecular formula is C20H23N5O. The van der Waals surface area contributed by atoms with Crippen LogP contribution in [-0.4, -0.2) is 21.8 Å². The predicted molar refractivity (Wildman–Crippen MR) is 105 cm³/mol. The minimum absolute atomic E-state index is 0.429. The van der Waals surface area contributed by atoms with Gasteiger partial charge in [-0.25, -0.2) is 0 Å². The Labute approximate surface area is 153 Å². The van der Waals surface area contributed by atoms with E-state index in [1.165, 1.54) is 5.56 Å². The SMILES string of the molecule is CCOc1ccc(Nc2nncc(Nc3ccc(C(C)C)cc3)n2)cc1. The van der Waals surface area contributed by atoms with Crippen LogP contribution in [0, 0.1) is 0 Å². The first-order valence-corrected chi connectivity index (χ1v) is 8.70. The second kappa shape index (κ2) is 8.29. The van der Waals surface area contributed by atoms with Gasteiger partial charge in [-0.15, -0.1) is 5.10 Å². The van der Waals surface area contributed by atoms with Crippen molar-refractivity contribution in [1.82, 2.24) is 15.2 Å². The molecule has 0 aliphatic heterocycles. The molecule has 0 saturated heterocycles. The third-order valence-electron chi connectivity index (χ3n) is 3.83. The molecule has 0 spiro atoms.